The van der Waals surface area contributed by atoms with E-state index in [1.165, 1.54) is 12.1 Å². The molecule has 0 spiro atoms. The Bertz CT molecular complexity index is 1270. The zero-order valence-corrected chi connectivity index (χ0v) is 21.7. The lowest BCUT2D eigenvalue weighted by atomic mass is 9.71. The Hall–Kier alpha value is -3.10. The summed E-state index contributed by atoms with van der Waals surface area (Å²) in [5.74, 6) is 0.0534. The summed E-state index contributed by atoms with van der Waals surface area (Å²) in [6.07, 6.45) is 0.757. The Morgan fingerprint density at radius 3 is 2.72 bits per heavy atom. The van der Waals surface area contributed by atoms with Crippen LogP contribution >= 0.6 is 23.4 Å². The van der Waals surface area contributed by atoms with Gasteiger partial charge in [-0.3, -0.25) is 14.9 Å². The second-order valence-corrected chi connectivity index (χ2v) is 10.5. The van der Waals surface area contributed by atoms with Gasteiger partial charge in [0.05, 0.1) is 10.5 Å². The quantitative estimate of drug-likeness (QED) is 0.198. The number of esters is 1. The molecule has 36 heavy (non-hydrogen) atoms. The minimum absolute atomic E-state index is 0.102. The average Bonchev–Trinajstić information content (AvgIpc) is 2.86. The van der Waals surface area contributed by atoms with Gasteiger partial charge in [0.25, 0.3) is 5.69 Å². The Kier molecular flexibility index (Phi) is 8.16. The van der Waals surface area contributed by atoms with Gasteiger partial charge in [0, 0.05) is 52.2 Å². The Balaban J connectivity index is 1.76. The Morgan fingerprint density at radius 1 is 1.22 bits per heavy atom. The maximum absolute atomic E-state index is 13.6. The molecular weight excluding hydrogens is 500 g/mol. The summed E-state index contributed by atoms with van der Waals surface area (Å²) in [4.78, 5) is 37.9. The van der Waals surface area contributed by atoms with E-state index in [4.69, 9.17) is 16.3 Å². The number of carbonyl (C=O) groups excluding carboxylic acids is 2. The highest BCUT2D eigenvalue weighted by atomic mass is 35.5. The number of allylic oxidation sites excluding steroid dienone is 3. The van der Waals surface area contributed by atoms with Gasteiger partial charge in [-0.2, -0.15) is 11.8 Å². The van der Waals surface area contributed by atoms with Crippen molar-refractivity contribution in [1.82, 2.24) is 5.32 Å². The van der Waals surface area contributed by atoms with Gasteiger partial charge in [-0.25, -0.2) is 4.79 Å². The molecule has 2 atom stereocenters. The number of ether oxygens (including phenoxy) is 1. The van der Waals surface area contributed by atoms with E-state index in [1.807, 2.05) is 31.2 Å². The van der Waals surface area contributed by atoms with Gasteiger partial charge in [-0.05, 0) is 42.2 Å². The summed E-state index contributed by atoms with van der Waals surface area (Å²) < 4.78 is 5.56. The molecule has 188 valence electrons. The molecule has 0 saturated carbocycles. The number of benzene rings is 2. The molecule has 1 N–H and O–H groups in total. The lowest BCUT2D eigenvalue weighted by Crippen LogP contribution is -2.36. The predicted octanol–water partition coefficient (Wildman–Crippen LogP) is 5.91. The summed E-state index contributed by atoms with van der Waals surface area (Å²) in [6.45, 7) is 4.04. The zero-order chi connectivity index (χ0) is 25.8. The number of thioether (sulfide) groups is 1. The first-order chi connectivity index (χ1) is 17.3. The number of rotatable bonds is 8. The van der Waals surface area contributed by atoms with E-state index in [9.17, 15) is 19.7 Å². The number of nitrogens with one attached hydrogen (secondary N) is 1. The number of hydrogen-bond acceptors (Lipinski definition) is 7. The number of halogens is 1. The molecule has 4 rings (SSSR count). The van der Waals surface area contributed by atoms with Crippen LogP contribution in [-0.2, 0) is 14.3 Å². The lowest BCUT2D eigenvalue weighted by molar-refractivity contribution is -0.384. The van der Waals surface area contributed by atoms with Gasteiger partial charge in [-0.1, -0.05) is 48.9 Å². The molecule has 0 bridgehead atoms. The largest absolute Gasteiger partial charge is 0.461 e. The van der Waals surface area contributed by atoms with Crippen molar-refractivity contribution in [3.63, 3.8) is 0 Å². The number of carbonyl (C=O) groups is 2. The van der Waals surface area contributed by atoms with E-state index in [0.29, 0.717) is 45.3 Å². The van der Waals surface area contributed by atoms with Crippen molar-refractivity contribution in [3.05, 3.63) is 97.3 Å². The average molecular weight is 527 g/mol. The Labute approximate surface area is 219 Å². The van der Waals surface area contributed by atoms with Crippen molar-refractivity contribution in [1.29, 1.82) is 0 Å². The monoisotopic (exact) mass is 526 g/mol. The molecule has 0 amide bonds. The number of nitro benzene ring substituents is 1. The maximum atomic E-state index is 13.6. The second-order valence-electron chi connectivity index (χ2n) is 8.72. The van der Waals surface area contributed by atoms with E-state index in [2.05, 4.69) is 5.32 Å². The fourth-order valence-electron chi connectivity index (χ4n) is 4.90. The third-order valence-electron chi connectivity index (χ3n) is 6.47. The van der Waals surface area contributed by atoms with Crippen LogP contribution in [-0.4, -0.2) is 34.8 Å². The van der Waals surface area contributed by atoms with Crippen LogP contribution in [0.25, 0.3) is 0 Å². The van der Waals surface area contributed by atoms with Gasteiger partial charge in [-0.15, -0.1) is 0 Å². The number of Topliss-reactive ketones (excluding diaryl/α,β-unsaturated/α-hetero) is 1. The van der Waals surface area contributed by atoms with Gasteiger partial charge in [0.15, 0.2) is 5.78 Å². The standard InChI is InChI=1S/C27H27ClN2O5S/c1-3-36-12-11-35-27(32)24-16(2)29-22-14-18(20-9-4-5-10-21(20)28)15-23(31)26(22)25(24)17-7-6-8-19(13-17)30(33)34/h4-10,13,18,25,29H,3,11-12,14-15H2,1-2H3. The van der Waals surface area contributed by atoms with Crippen LogP contribution in [0.5, 0.6) is 0 Å². The van der Waals surface area contributed by atoms with Gasteiger partial charge in [0.2, 0.25) is 0 Å². The van der Waals surface area contributed by atoms with Crippen molar-refractivity contribution in [2.45, 2.75) is 38.5 Å². The van der Waals surface area contributed by atoms with E-state index in [0.717, 1.165) is 11.3 Å². The van der Waals surface area contributed by atoms with Gasteiger partial charge in [0.1, 0.15) is 6.61 Å². The molecule has 9 heteroatoms. The van der Waals surface area contributed by atoms with Crippen LogP contribution in [0.2, 0.25) is 5.02 Å². The van der Waals surface area contributed by atoms with Crippen LogP contribution in [0.3, 0.4) is 0 Å². The minimum Gasteiger partial charge on any atom is -0.461 e. The minimum atomic E-state index is -0.757. The summed E-state index contributed by atoms with van der Waals surface area (Å²) in [7, 11) is 0. The van der Waals surface area contributed by atoms with Gasteiger partial charge >= 0.3 is 5.97 Å². The number of hydrogen-bond donors (Lipinski definition) is 1. The normalized spacial score (nSPS) is 19.6. The molecule has 1 aliphatic heterocycles. The fraction of sp³-hybridized carbons (Fsp3) is 0.333. The third kappa shape index (κ3) is 5.34. The Morgan fingerprint density at radius 2 is 2.00 bits per heavy atom. The van der Waals surface area contributed by atoms with Gasteiger partial charge < -0.3 is 10.1 Å². The molecule has 2 aromatic rings. The summed E-state index contributed by atoms with van der Waals surface area (Å²) >= 11 is 8.09. The molecule has 2 aliphatic rings. The predicted molar refractivity (Wildman–Crippen MR) is 141 cm³/mol. The second kappa shape index (κ2) is 11.3. The van der Waals surface area contributed by atoms with Crippen LogP contribution in [0.4, 0.5) is 5.69 Å². The van der Waals surface area contributed by atoms with Crippen LogP contribution < -0.4 is 5.32 Å². The first-order valence-electron chi connectivity index (χ1n) is 11.8. The van der Waals surface area contributed by atoms with Crippen molar-refractivity contribution < 1.29 is 19.2 Å². The first-order valence-corrected chi connectivity index (χ1v) is 13.3. The summed E-state index contributed by atoms with van der Waals surface area (Å²) in [5.41, 5.74) is 3.36. The SMILES string of the molecule is CCSCCOC(=O)C1=C(C)NC2=C(C(=O)CC(c3ccccc3Cl)C2)C1c1cccc([N+](=O)[O-])c1. The fourth-order valence-corrected chi connectivity index (χ4v) is 5.68. The molecule has 7 nitrogen and oxygen atoms in total. The highest BCUT2D eigenvalue weighted by Crippen LogP contribution is 2.46. The van der Waals surface area contributed by atoms with Crippen LogP contribution in [0, 0.1) is 10.1 Å². The maximum Gasteiger partial charge on any atom is 0.336 e. The van der Waals surface area contributed by atoms with E-state index < -0.39 is 16.8 Å². The molecule has 0 radical (unpaired) electrons. The van der Waals surface area contributed by atoms with Crippen molar-refractivity contribution in [2.75, 3.05) is 18.1 Å². The summed E-state index contributed by atoms with van der Waals surface area (Å²) in [5, 5.41) is 15.4. The van der Waals surface area contributed by atoms with Crippen LogP contribution in [0.1, 0.15) is 49.7 Å². The molecule has 1 aliphatic carbocycles. The number of nitrogens with zero attached hydrogens (tertiary/aromatic N) is 1. The highest BCUT2D eigenvalue weighted by molar-refractivity contribution is 7.99. The van der Waals surface area contributed by atoms with E-state index >= 15 is 0 Å². The van der Waals surface area contributed by atoms with Crippen molar-refractivity contribution in [3.8, 4) is 0 Å². The highest BCUT2D eigenvalue weighted by Gasteiger charge is 2.42. The number of ketones is 1. The number of dihydropyridines is 1. The third-order valence-corrected chi connectivity index (χ3v) is 7.68. The van der Waals surface area contributed by atoms with Crippen LogP contribution in [0.15, 0.2) is 71.1 Å². The van der Waals surface area contributed by atoms with E-state index in [1.54, 1.807) is 30.8 Å². The molecule has 2 unspecified atom stereocenters. The van der Waals surface area contributed by atoms with E-state index in [-0.39, 0.29) is 30.4 Å². The topological polar surface area (TPSA) is 98.5 Å². The summed E-state index contributed by atoms with van der Waals surface area (Å²) in [6, 6.07) is 13.6. The number of non-ortho nitro benzene ring substituents is 1. The molecule has 1 heterocycles. The molecular formula is C27H27ClN2O5S. The molecule has 0 aromatic heterocycles. The molecule has 2 aromatic carbocycles. The van der Waals surface area contributed by atoms with Crippen molar-refractivity contribution in [2.24, 2.45) is 0 Å². The zero-order valence-electron chi connectivity index (χ0n) is 20.1. The first kappa shape index (κ1) is 26.0. The number of nitro groups is 1. The smallest absolute Gasteiger partial charge is 0.336 e. The lowest BCUT2D eigenvalue weighted by Gasteiger charge is -2.36. The molecule has 0 saturated heterocycles. The van der Waals surface area contributed by atoms with Crippen molar-refractivity contribution >= 4 is 40.8 Å². The molecule has 0 fully saturated rings.